The van der Waals surface area contributed by atoms with E-state index >= 15 is 0 Å². The van der Waals surface area contributed by atoms with Gasteiger partial charge in [-0.3, -0.25) is 0 Å². The Labute approximate surface area is 84.3 Å². The van der Waals surface area contributed by atoms with Gasteiger partial charge in [0.1, 0.15) is 0 Å². The van der Waals surface area contributed by atoms with Crippen LogP contribution in [-0.2, 0) is 16.4 Å². The normalized spacial score (nSPS) is 11.6. The predicted molar refractivity (Wildman–Crippen MR) is 54.7 cm³/mol. The van der Waals surface area contributed by atoms with E-state index in [1.165, 1.54) is 12.1 Å². The molecular formula is C10H14O3S. The van der Waals surface area contributed by atoms with Crippen molar-refractivity contribution in [3.05, 3.63) is 29.8 Å². The Balaban J connectivity index is 2.97. The van der Waals surface area contributed by atoms with Crippen molar-refractivity contribution in [2.24, 2.45) is 0 Å². The summed E-state index contributed by atoms with van der Waals surface area (Å²) in [6, 6.07) is 6.33. The summed E-state index contributed by atoms with van der Waals surface area (Å²) < 4.78 is 23.1. The summed E-state index contributed by atoms with van der Waals surface area (Å²) in [5, 5.41) is 8.79. The lowest BCUT2D eigenvalue weighted by Gasteiger charge is -2.03. The summed E-state index contributed by atoms with van der Waals surface area (Å²) in [7, 11) is -3.12. The van der Waals surface area contributed by atoms with Gasteiger partial charge < -0.3 is 5.11 Å². The van der Waals surface area contributed by atoms with E-state index in [0.717, 1.165) is 5.56 Å². The van der Waals surface area contributed by atoms with Crippen LogP contribution >= 0.6 is 0 Å². The van der Waals surface area contributed by atoms with E-state index in [4.69, 9.17) is 5.11 Å². The SMILES string of the molecule is CCCS(=O)(=O)c1ccc(CO)cc1. The predicted octanol–water partition coefficient (Wildman–Crippen LogP) is 1.36. The molecule has 0 unspecified atom stereocenters. The zero-order valence-electron chi connectivity index (χ0n) is 8.10. The van der Waals surface area contributed by atoms with Crippen molar-refractivity contribution in [2.75, 3.05) is 5.75 Å². The van der Waals surface area contributed by atoms with Crippen LogP contribution < -0.4 is 0 Å². The molecule has 0 fully saturated rings. The molecule has 0 aliphatic heterocycles. The summed E-state index contributed by atoms with van der Waals surface area (Å²) in [6.07, 6.45) is 0.615. The Morgan fingerprint density at radius 3 is 2.21 bits per heavy atom. The zero-order chi connectivity index (χ0) is 10.6. The van der Waals surface area contributed by atoms with Crippen LogP contribution in [0.2, 0.25) is 0 Å². The molecule has 0 atom stereocenters. The van der Waals surface area contributed by atoms with E-state index < -0.39 is 9.84 Å². The second-order valence-electron chi connectivity index (χ2n) is 3.12. The quantitative estimate of drug-likeness (QED) is 0.823. The lowest BCUT2D eigenvalue weighted by atomic mass is 10.2. The number of hydrogen-bond donors (Lipinski definition) is 1. The molecule has 14 heavy (non-hydrogen) atoms. The first-order valence-electron chi connectivity index (χ1n) is 4.52. The number of rotatable bonds is 4. The summed E-state index contributed by atoms with van der Waals surface area (Å²) in [6.45, 7) is 1.77. The first-order chi connectivity index (χ1) is 6.60. The molecule has 0 spiro atoms. The van der Waals surface area contributed by atoms with Crippen molar-refractivity contribution in [3.8, 4) is 0 Å². The third kappa shape index (κ3) is 2.56. The van der Waals surface area contributed by atoms with E-state index in [2.05, 4.69) is 0 Å². The molecule has 1 aromatic carbocycles. The Morgan fingerprint density at radius 2 is 1.79 bits per heavy atom. The van der Waals surface area contributed by atoms with E-state index in [-0.39, 0.29) is 12.4 Å². The minimum absolute atomic E-state index is 0.0614. The molecule has 3 nitrogen and oxygen atoms in total. The Morgan fingerprint density at radius 1 is 1.21 bits per heavy atom. The number of sulfone groups is 1. The van der Waals surface area contributed by atoms with Crippen LogP contribution in [0.5, 0.6) is 0 Å². The average Bonchev–Trinajstić information content (AvgIpc) is 2.18. The van der Waals surface area contributed by atoms with Gasteiger partial charge in [-0.25, -0.2) is 8.42 Å². The minimum atomic E-state index is -3.12. The van der Waals surface area contributed by atoms with Crippen LogP contribution in [0.15, 0.2) is 29.2 Å². The lowest BCUT2D eigenvalue weighted by Crippen LogP contribution is -2.05. The standard InChI is InChI=1S/C10H14O3S/c1-2-7-14(12,13)10-5-3-9(8-11)4-6-10/h3-6,11H,2,7-8H2,1H3. The zero-order valence-corrected chi connectivity index (χ0v) is 8.92. The molecular weight excluding hydrogens is 200 g/mol. The highest BCUT2D eigenvalue weighted by Crippen LogP contribution is 2.13. The van der Waals surface area contributed by atoms with Gasteiger partial charge >= 0.3 is 0 Å². The third-order valence-corrected chi connectivity index (χ3v) is 3.87. The molecule has 0 saturated heterocycles. The van der Waals surface area contributed by atoms with Gasteiger partial charge in [0.2, 0.25) is 0 Å². The van der Waals surface area contributed by atoms with Crippen LogP contribution in [0.1, 0.15) is 18.9 Å². The Bertz CT molecular complexity index is 378. The fraction of sp³-hybridized carbons (Fsp3) is 0.400. The second kappa shape index (κ2) is 4.57. The van der Waals surface area contributed by atoms with Gasteiger partial charge in [0.15, 0.2) is 9.84 Å². The van der Waals surface area contributed by atoms with Gasteiger partial charge in [-0.2, -0.15) is 0 Å². The first kappa shape index (κ1) is 11.2. The average molecular weight is 214 g/mol. The minimum Gasteiger partial charge on any atom is -0.392 e. The summed E-state index contributed by atoms with van der Waals surface area (Å²) in [5.74, 6) is 0.172. The fourth-order valence-corrected chi connectivity index (χ4v) is 2.51. The maximum Gasteiger partial charge on any atom is 0.178 e. The fourth-order valence-electron chi connectivity index (χ4n) is 1.19. The molecule has 0 heterocycles. The molecule has 0 amide bonds. The van der Waals surface area contributed by atoms with Crippen LogP contribution in [0, 0.1) is 0 Å². The van der Waals surface area contributed by atoms with Crippen LogP contribution in [0.3, 0.4) is 0 Å². The third-order valence-electron chi connectivity index (χ3n) is 1.94. The van der Waals surface area contributed by atoms with Crippen molar-refractivity contribution in [1.82, 2.24) is 0 Å². The topological polar surface area (TPSA) is 54.4 Å². The van der Waals surface area contributed by atoms with Crippen molar-refractivity contribution in [1.29, 1.82) is 0 Å². The highest BCUT2D eigenvalue weighted by atomic mass is 32.2. The highest BCUT2D eigenvalue weighted by Gasteiger charge is 2.11. The molecule has 4 heteroatoms. The molecule has 1 N–H and O–H groups in total. The Hall–Kier alpha value is -0.870. The van der Waals surface area contributed by atoms with E-state index in [1.54, 1.807) is 12.1 Å². The van der Waals surface area contributed by atoms with E-state index in [9.17, 15) is 8.42 Å². The van der Waals surface area contributed by atoms with Crippen molar-refractivity contribution in [3.63, 3.8) is 0 Å². The smallest absolute Gasteiger partial charge is 0.178 e. The van der Waals surface area contributed by atoms with Crippen molar-refractivity contribution in [2.45, 2.75) is 24.8 Å². The van der Waals surface area contributed by atoms with Gasteiger partial charge in [-0.15, -0.1) is 0 Å². The van der Waals surface area contributed by atoms with Gasteiger partial charge in [-0.1, -0.05) is 19.1 Å². The maximum atomic E-state index is 11.6. The molecule has 0 saturated carbocycles. The first-order valence-corrected chi connectivity index (χ1v) is 6.18. The largest absolute Gasteiger partial charge is 0.392 e. The lowest BCUT2D eigenvalue weighted by molar-refractivity contribution is 0.282. The van der Waals surface area contributed by atoms with Crippen LogP contribution in [-0.4, -0.2) is 19.3 Å². The van der Waals surface area contributed by atoms with E-state index in [1.807, 2.05) is 6.92 Å². The van der Waals surface area contributed by atoms with Crippen LogP contribution in [0.25, 0.3) is 0 Å². The van der Waals surface area contributed by atoms with Crippen molar-refractivity contribution >= 4 is 9.84 Å². The maximum absolute atomic E-state index is 11.6. The molecule has 0 aromatic heterocycles. The summed E-state index contributed by atoms with van der Waals surface area (Å²) in [4.78, 5) is 0.330. The molecule has 1 rings (SSSR count). The van der Waals surface area contributed by atoms with Gasteiger partial charge in [-0.05, 0) is 24.1 Å². The van der Waals surface area contributed by atoms with E-state index in [0.29, 0.717) is 11.3 Å². The van der Waals surface area contributed by atoms with Crippen molar-refractivity contribution < 1.29 is 13.5 Å². The highest BCUT2D eigenvalue weighted by molar-refractivity contribution is 7.91. The Kier molecular flexibility index (Phi) is 3.66. The monoisotopic (exact) mass is 214 g/mol. The van der Waals surface area contributed by atoms with Gasteiger partial charge in [0, 0.05) is 0 Å². The van der Waals surface area contributed by atoms with Gasteiger partial charge in [0.05, 0.1) is 17.3 Å². The number of hydrogen-bond acceptors (Lipinski definition) is 3. The number of benzene rings is 1. The number of aliphatic hydroxyl groups is 1. The second-order valence-corrected chi connectivity index (χ2v) is 5.23. The molecule has 0 radical (unpaired) electrons. The van der Waals surface area contributed by atoms with Gasteiger partial charge in [0.25, 0.3) is 0 Å². The molecule has 0 aliphatic rings. The molecule has 0 aliphatic carbocycles. The molecule has 78 valence electrons. The molecule has 1 aromatic rings. The summed E-state index contributed by atoms with van der Waals surface area (Å²) >= 11 is 0. The molecule has 0 bridgehead atoms. The summed E-state index contributed by atoms with van der Waals surface area (Å²) in [5.41, 5.74) is 0.723. The van der Waals surface area contributed by atoms with Crippen LogP contribution in [0.4, 0.5) is 0 Å². The number of aliphatic hydroxyl groups excluding tert-OH is 1.